The molecule has 0 bridgehead atoms. The van der Waals surface area contributed by atoms with Crippen molar-refractivity contribution in [3.8, 4) is 17.0 Å². The van der Waals surface area contributed by atoms with E-state index in [1.165, 1.54) is 24.4 Å². The monoisotopic (exact) mass is 403 g/mol. The second kappa shape index (κ2) is 8.37. The molecule has 0 unspecified atom stereocenters. The van der Waals surface area contributed by atoms with Gasteiger partial charge in [0.15, 0.2) is 0 Å². The van der Waals surface area contributed by atoms with E-state index in [2.05, 4.69) is 9.97 Å². The second-order valence-corrected chi connectivity index (χ2v) is 7.98. The van der Waals surface area contributed by atoms with Gasteiger partial charge >= 0.3 is 0 Å². The van der Waals surface area contributed by atoms with Crippen molar-refractivity contribution in [2.24, 2.45) is 11.7 Å². The number of alkyl halides is 2. The molecule has 2 heterocycles. The molecule has 0 saturated carbocycles. The van der Waals surface area contributed by atoms with Crippen LogP contribution >= 0.6 is 0 Å². The first kappa shape index (κ1) is 21.0. The highest BCUT2D eigenvalue weighted by atomic mass is 19.3. The lowest BCUT2D eigenvalue weighted by Crippen LogP contribution is -2.43. The first-order chi connectivity index (χ1) is 13.7. The third-order valence-corrected chi connectivity index (χ3v) is 4.54. The fourth-order valence-corrected chi connectivity index (χ4v) is 3.49. The second-order valence-electron chi connectivity index (χ2n) is 7.98. The summed E-state index contributed by atoms with van der Waals surface area (Å²) in [4.78, 5) is 8.31. The maximum absolute atomic E-state index is 13.7. The Hall–Kier alpha value is -2.67. The Bertz CT molecular complexity index is 1010. The molecule has 0 spiro atoms. The SMILES string of the molecule is CC(C)C[C@](C)(N)COc1ncc(-c2ccnc3ccc(F)cc23)cc1C(F)F. The molecule has 0 fully saturated rings. The van der Waals surface area contributed by atoms with Gasteiger partial charge in [0.2, 0.25) is 5.88 Å². The van der Waals surface area contributed by atoms with Crippen LogP contribution in [-0.4, -0.2) is 22.1 Å². The van der Waals surface area contributed by atoms with Crippen LogP contribution in [0.4, 0.5) is 13.2 Å². The molecule has 0 amide bonds. The Morgan fingerprint density at radius 2 is 1.90 bits per heavy atom. The molecule has 1 aromatic carbocycles. The van der Waals surface area contributed by atoms with Crippen molar-refractivity contribution < 1.29 is 17.9 Å². The van der Waals surface area contributed by atoms with E-state index in [0.29, 0.717) is 34.4 Å². The lowest BCUT2D eigenvalue weighted by Gasteiger charge is -2.26. The van der Waals surface area contributed by atoms with Gasteiger partial charge in [0.1, 0.15) is 12.4 Å². The van der Waals surface area contributed by atoms with Crippen molar-refractivity contribution in [3.63, 3.8) is 0 Å². The first-order valence-corrected chi connectivity index (χ1v) is 9.41. The molecule has 2 aromatic heterocycles. The van der Waals surface area contributed by atoms with Crippen LogP contribution in [0.2, 0.25) is 0 Å². The minimum Gasteiger partial charge on any atom is -0.475 e. The molecule has 0 radical (unpaired) electrons. The Balaban J connectivity index is 1.96. The normalized spacial score (nSPS) is 13.8. The minimum absolute atomic E-state index is 0.0701. The van der Waals surface area contributed by atoms with Crippen LogP contribution in [0.1, 0.15) is 39.2 Å². The van der Waals surface area contributed by atoms with Crippen molar-refractivity contribution in [2.45, 2.75) is 39.2 Å². The Morgan fingerprint density at radius 3 is 2.59 bits per heavy atom. The number of aromatic nitrogens is 2. The summed E-state index contributed by atoms with van der Waals surface area (Å²) in [5, 5.41) is 0.523. The van der Waals surface area contributed by atoms with E-state index in [0.717, 1.165) is 0 Å². The fraction of sp³-hybridized carbons (Fsp3) is 0.364. The predicted octanol–water partition coefficient (Wildman–Crippen LogP) is 5.52. The molecule has 2 N–H and O–H groups in total. The molecule has 3 rings (SSSR count). The minimum atomic E-state index is -2.78. The van der Waals surface area contributed by atoms with Crippen molar-refractivity contribution in [1.82, 2.24) is 9.97 Å². The van der Waals surface area contributed by atoms with E-state index in [1.54, 1.807) is 18.3 Å². The average molecular weight is 403 g/mol. The van der Waals surface area contributed by atoms with Gasteiger partial charge in [-0.1, -0.05) is 13.8 Å². The molecule has 3 aromatic rings. The van der Waals surface area contributed by atoms with E-state index in [4.69, 9.17) is 10.5 Å². The maximum atomic E-state index is 13.7. The number of hydrogen-bond donors (Lipinski definition) is 1. The molecule has 0 aliphatic heterocycles. The summed E-state index contributed by atoms with van der Waals surface area (Å²) < 4.78 is 46.7. The number of halogens is 3. The number of nitrogens with two attached hydrogens (primary N) is 1. The van der Waals surface area contributed by atoms with Crippen LogP contribution < -0.4 is 10.5 Å². The van der Waals surface area contributed by atoms with Gasteiger partial charge in [0.25, 0.3) is 6.43 Å². The molecule has 29 heavy (non-hydrogen) atoms. The Morgan fingerprint density at radius 1 is 1.14 bits per heavy atom. The van der Waals surface area contributed by atoms with Crippen molar-refractivity contribution in [3.05, 3.63) is 54.1 Å². The smallest absolute Gasteiger partial charge is 0.269 e. The molecule has 1 atom stereocenters. The van der Waals surface area contributed by atoms with Gasteiger partial charge in [0, 0.05) is 28.9 Å². The number of ether oxygens (including phenoxy) is 1. The summed E-state index contributed by atoms with van der Waals surface area (Å²) in [5.41, 5.74) is 6.78. The van der Waals surface area contributed by atoms with Crippen molar-refractivity contribution >= 4 is 10.9 Å². The summed E-state index contributed by atoms with van der Waals surface area (Å²) in [6, 6.07) is 7.15. The third-order valence-electron chi connectivity index (χ3n) is 4.54. The van der Waals surface area contributed by atoms with Crippen LogP contribution in [0.5, 0.6) is 5.88 Å². The molecule has 7 heteroatoms. The van der Waals surface area contributed by atoms with E-state index >= 15 is 0 Å². The highest BCUT2D eigenvalue weighted by molar-refractivity contribution is 5.94. The van der Waals surface area contributed by atoms with Gasteiger partial charge in [-0.25, -0.2) is 18.2 Å². The van der Waals surface area contributed by atoms with E-state index in [9.17, 15) is 13.2 Å². The Kier molecular flexibility index (Phi) is 6.07. The summed E-state index contributed by atoms with van der Waals surface area (Å²) >= 11 is 0. The Labute approximate surface area is 167 Å². The average Bonchev–Trinajstić information content (AvgIpc) is 2.64. The number of nitrogens with zero attached hydrogens (tertiary/aromatic N) is 2. The molecule has 0 saturated heterocycles. The summed E-state index contributed by atoms with van der Waals surface area (Å²) in [7, 11) is 0. The number of benzene rings is 1. The standard InChI is InChI=1S/C22H24F3N3O/c1-13(2)10-22(3,26)12-29-21-18(20(24)25)8-14(11-28-21)16-6-7-27-19-5-4-15(23)9-17(16)19/h4-9,11,13,20H,10,12,26H2,1-3H3/t22-/m0/s1. The molecular formula is C22H24F3N3O. The first-order valence-electron chi connectivity index (χ1n) is 9.41. The van der Waals surface area contributed by atoms with E-state index < -0.39 is 17.8 Å². The fourth-order valence-electron chi connectivity index (χ4n) is 3.49. The van der Waals surface area contributed by atoms with Gasteiger partial charge in [-0.05, 0) is 55.2 Å². The number of hydrogen-bond acceptors (Lipinski definition) is 4. The molecular weight excluding hydrogens is 379 g/mol. The van der Waals surface area contributed by atoms with Gasteiger partial charge in [-0.2, -0.15) is 0 Å². The lowest BCUT2D eigenvalue weighted by atomic mass is 9.93. The quantitative estimate of drug-likeness (QED) is 0.565. The maximum Gasteiger partial charge on any atom is 0.269 e. The topological polar surface area (TPSA) is 61.0 Å². The third kappa shape index (κ3) is 5.03. The number of rotatable bonds is 7. The van der Waals surface area contributed by atoms with Crippen LogP contribution in [0, 0.1) is 11.7 Å². The molecule has 4 nitrogen and oxygen atoms in total. The van der Waals surface area contributed by atoms with Crippen LogP contribution in [0.15, 0.2) is 42.7 Å². The van der Waals surface area contributed by atoms with Crippen LogP contribution in [-0.2, 0) is 0 Å². The van der Waals surface area contributed by atoms with Crippen molar-refractivity contribution in [1.29, 1.82) is 0 Å². The lowest BCUT2D eigenvalue weighted by molar-refractivity contribution is 0.137. The van der Waals surface area contributed by atoms with E-state index in [1.807, 2.05) is 20.8 Å². The van der Waals surface area contributed by atoms with Gasteiger partial charge < -0.3 is 10.5 Å². The largest absolute Gasteiger partial charge is 0.475 e. The van der Waals surface area contributed by atoms with Gasteiger partial charge in [-0.15, -0.1) is 0 Å². The van der Waals surface area contributed by atoms with Crippen LogP contribution in [0.25, 0.3) is 22.0 Å². The highest BCUT2D eigenvalue weighted by Crippen LogP contribution is 2.34. The zero-order valence-corrected chi connectivity index (χ0v) is 16.6. The zero-order valence-electron chi connectivity index (χ0n) is 16.6. The summed E-state index contributed by atoms with van der Waals surface area (Å²) in [5.74, 6) is -0.228. The molecule has 154 valence electrons. The highest BCUT2D eigenvalue weighted by Gasteiger charge is 2.24. The zero-order chi connectivity index (χ0) is 21.2. The predicted molar refractivity (Wildman–Crippen MR) is 107 cm³/mol. The summed E-state index contributed by atoms with van der Waals surface area (Å²) in [6.07, 6.45) is 0.894. The number of pyridine rings is 2. The molecule has 0 aliphatic carbocycles. The van der Waals surface area contributed by atoms with Gasteiger partial charge in [-0.3, -0.25) is 4.98 Å². The number of fused-ring (bicyclic) bond motifs is 1. The molecule has 0 aliphatic rings. The van der Waals surface area contributed by atoms with Crippen LogP contribution in [0.3, 0.4) is 0 Å². The van der Waals surface area contributed by atoms with Crippen molar-refractivity contribution in [2.75, 3.05) is 6.61 Å². The van der Waals surface area contributed by atoms with E-state index in [-0.39, 0.29) is 18.1 Å². The van der Waals surface area contributed by atoms with Gasteiger partial charge in [0.05, 0.1) is 11.1 Å². The summed E-state index contributed by atoms with van der Waals surface area (Å²) in [6.45, 7) is 5.96.